The van der Waals surface area contributed by atoms with Crippen molar-refractivity contribution in [3.05, 3.63) is 90.1 Å². The summed E-state index contributed by atoms with van der Waals surface area (Å²) in [7, 11) is 0. The van der Waals surface area contributed by atoms with E-state index in [0.717, 1.165) is 45.2 Å². The molecular formula is C25H20N4O3S. The van der Waals surface area contributed by atoms with Crippen LogP contribution in [0, 0.1) is 0 Å². The number of hydrogen-bond acceptors (Lipinski definition) is 6. The minimum absolute atomic E-state index is 0.0892. The Hall–Kier alpha value is -3.91. The molecule has 0 fully saturated rings. The third-order valence-corrected chi connectivity index (χ3v) is 6.61. The lowest BCUT2D eigenvalue weighted by atomic mass is 10.0. The van der Waals surface area contributed by atoms with Gasteiger partial charge in [-0.1, -0.05) is 24.3 Å². The Morgan fingerprint density at radius 2 is 1.85 bits per heavy atom. The van der Waals surface area contributed by atoms with Crippen LogP contribution in [-0.2, 0) is 4.79 Å². The summed E-state index contributed by atoms with van der Waals surface area (Å²) in [5, 5.41) is 18.0. The Morgan fingerprint density at radius 1 is 1.09 bits per heavy atom. The molecule has 8 heteroatoms. The molecule has 33 heavy (non-hydrogen) atoms. The normalized spacial score (nSPS) is 15.3. The van der Waals surface area contributed by atoms with Crippen molar-refractivity contribution < 1.29 is 19.1 Å². The van der Waals surface area contributed by atoms with E-state index in [4.69, 9.17) is 4.99 Å². The first-order chi connectivity index (χ1) is 16.0. The molecule has 7 nitrogen and oxygen atoms in total. The molecule has 164 valence electrons. The Kier molecular flexibility index (Phi) is 5.66. The number of anilines is 1. The molecule has 0 spiro atoms. The summed E-state index contributed by atoms with van der Waals surface area (Å²) in [5.74, 6) is -0.582. The molecule has 4 aromatic rings. The standard InChI is InChI=1S/C25H20N4O3S/c1-16(30)26-19-10-6-18(7-11-19)24-14-22(27-21-4-2-3-5-23(21)33-24)17-8-12-20(13-9-17)29-15-25(31)32-28-29/h2-13,15,24H,14H2,1H3,(H-,26,28,30,31). The lowest BCUT2D eigenvalue weighted by Crippen LogP contribution is -2.31. The van der Waals surface area contributed by atoms with Gasteiger partial charge in [0.05, 0.1) is 11.0 Å². The Labute approximate surface area is 194 Å². The number of para-hydroxylation sites is 1. The highest BCUT2D eigenvalue weighted by Gasteiger charge is 2.23. The summed E-state index contributed by atoms with van der Waals surface area (Å²) >= 11 is 1.79. The Morgan fingerprint density at radius 3 is 2.55 bits per heavy atom. The summed E-state index contributed by atoms with van der Waals surface area (Å²) in [4.78, 5) is 17.5. The number of rotatable bonds is 4. The van der Waals surface area contributed by atoms with Crippen LogP contribution >= 0.6 is 11.8 Å². The third-order valence-electron chi connectivity index (χ3n) is 5.28. The molecule has 1 amide bonds. The molecule has 0 bridgehead atoms. The highest BCUT2D eigenvalue weighted by atomic mass is 32.2. The van der Waals surface area contributed by atoms with E-state index in [1.807, 2.05) is 54.6 Å². The molecule has 1 aromatic heterocycles. The molecular weight excluding hydrogens is 436 g/mol. The smallest absolute Gasteiger partial charge is 0.239 e. The third kappa shape index (κ3) is 4.65. The van der Waals surface area contributed by atoms with Gasteiger partial charge < -0.3 is 14.9 Å². The van der Waals surface area contributed by atoms with E-state index >= 15 is 0 Å². The van der Waals surface area contributed by atoms with Crippen LogP contribution in [0.4, 0.5) is 11.4 Å². The van der Waals surface area contributed by atoms with E-state index in [9.17, 15) is 9.90 Å². The quantitative estimate of drug-likeness (QED) is 0.461. The van der Waals surface area contributed by atoms with Gasteiger partial charge in [-0.15, -0.1) is 11.8 Å². The molecule has 2 heterocycles. The fraction of sp³-hybridized carbons (Fsp3) is 0.120. The molecule has 1 unspecified atom stereocenters. The highest BCUT2D eigenvalue weighted by Crippen LogP contribution is 2.45. The fourth-order valence-corrected chi connectivity index (χ4v) is 4.96. The first-order valence-corrected chi connectivity index (χ1v) is 11.3. The number of benzene rings is 3. The maximum atomic E-state index is 11.3. The zero-order valence-corrected chi connectivity index (χ0v) is 18.6. The highest BCUT2D eigenvalue weighted by molar-refractivity contribution is 7.99. The lowest BCUT2D eigenvalue weighted by molar-refractivity contribution is -0.670. The van der Waals surface area contributed by atoms with Gasteiger partial charge in [0, 0.05) is 47.0 Å². The molecule has 5 rings (SSSR count). The Bertz CT molecular complexity index is 1330. The number of carbonyl (C=O) groups excluding carboxylic acids is 1. The number of carbonyl (C=O) groups is 1. The van der Waals surface area contributed by atoms with Crippen molar-refractivity contribution in [1.29, 1.82) is 0 Å². The monoisotopic (exact) mass is 456 g/mol. The number of aromatic nitrogens is 2. The van der Waals surface area contributed by atoms with Crippen molar-refractivity contribution in [2.75, 3.05) is 5.32 Å². The van der Waals surface area contributed by atoms with Crippen LogP contribution in [-0.4, -0.2) is 16.9 Å². The van der Waals surface area contributed by atoms with Gasteiger partial charge in [0.1, 0.15) is 5.95 Å². The first kappa shape index (κ1) is 21.0. The zero-order valence-electron chi connectivity index (χ0n) is 17.8. The molecule has 0 aliphatic carbocycles. The van der Waals surface area contributed by atoms with Crippen LogP contribution < -0.4 is 15.1 Å². The van der Waals surface area contributed by atoms with Gasteiger partial charge in [-0.05, 0) is 52.2 Å². The van der Waals surface area contributed by atoms with E-state index in [1.54, 1.807) is 11.8 Å². The summed E-state index contributed by atoms with van der Waals surface area (Å²) in [6.07, 6.45) is 2.03. The van der Waals surface area contributed by atoms with Gasteiger partial charge in [-0.2, -0.15) is 0 Å². The average Bonchev–Trinajstić information content (AvgIpc) is 3.15. The van der Waals surface area contributed by atoms with E-state index in [0.29, 0.717) is 0 Å². The fourth-order valence-electron chi connectivity index (χ4n) is 3.72. The number of amides is 1. The Balaban J connectivity index is 1.47. The maximum Gasteiger partial charge on any atom is 0.239 e. The number of thioether (sulfide) groups is 1. The molecule has 3 aromatic carbocycles. The van der Waals surface area contributed by atoms with E-state index in [1.165, 1.54) is 17.8 Å². The van der Waals surface area contributed by atoms with Crippen molar-refractivity contribution in [3.63, 3.8) is 0 Å². The predicted octanol–water partition coefficient (Wildman–Crippen LogP) is 4.34. The summed E-state index contributed by atoms with van der Waals surface area (Å²) < 4.78 is 6.03. The van der Waals surface area contributed by atoms with Crippen molar-refractivity contribution >= 4 is 34.8 Å². The van der Waals surface area contributed by atoms with Gasteiger partial charge in [0.15, 0.2) is 0 Å². The minimum Gasteiger partial charge on any atom is -0.539 e. The van der Waals surface area contributed by atoms with Crippen LogP contribution in [0.3, 0.4) is 0 Å². The van der Waals surface area contributed by atoms with Crippen LogP contribution in [0.1, 0.15) is 29.7 Å². The van der Waals surface area contributed by atoms with Crippen LogP contribution in [0.25, 0.3) is 5.69 Å². The van der Waals surface area contributed by atoms with Crippen molar-refractivity contribution in [2.45, 2.75) is 23.5 Å². The molecule has 1 aliphatic heterocycles. The largest absolute Gasteiger partial charge is 0.539 e. The van der Waals surface area contributed by atoms with Gasteiger partial charge in [-0.25, -0.2) is 0 Å². The zero-order chi connectivity index (χ0) is 22.8. The van der Waals surface area contributed by atoms with Gasteiger partial charge in [-0.3, -0.25) is 9.79 Å². The van der Waals surface area contributed by atoms with Gasteiger partial charge in [0.2, 0.25) is 17.8 Å². The lowest BCUT2D eigenvalue weighted by Gasteiger charge is -2.17. The molecule has 0 saturated heterocycles. The minimum atomic E-state index is -0.492. The van der Waals surface area contributed by atoms with E-state index < -0.39 is 5.95 Å². The van der Waals surface area contributed by atoms with Crippen LogP contribution in [0.2, 0.25) is 0 Å². The van der Waals surface area contributed by atoms with Crippen LogP contribution in [0.15, 0.2) is 93.4 Å². The molecule has 1 aliphatic rings. The molecule has 1 N–H and O–H groups in total. The number of fused-ring (bicyclic) bond motifs is 1. The predicted molar refractivity (Wildman–Crippen MR) is 124 cm³/mol. The second-order valence-electron chi connectivity index (χ2n) is 7.65. The van der Waals surface area contributed by atoms with Gasteiger partial charge in [0.25, 0.3) is 0 Å². The molecule has 1 atom stereocenters. The second-order valence-corrected chi connectivity index (χ2v) is 8.90. The van der Waals surface area contributed by atoms with Crippen molar-refractivity contribution in [3.8, 4) is 11.6 Å². The average molecular weight is 457 g/mol. The van der Waals surface area contributed by atoms with Crippen LogP contribution in [0.5, 0.6) is 5.95 Å². The summed E-state index contributed by atoms with van der Waals surface area (Å²) in [5.41, 5.74) is 5.60. The van der Waals surface area contributed by atoms with Crippen molar-refractivity contribution in [2.24, 2.45) is 4.99 Å². The molecule has 0 saturated carbocycles. The number of aliphatic imine (C=N–C) groups is 1. The summed E-state index contributed by atoms with van der Waals surface area (Å²) in [6, 6.07) is 23.9. The van der Waals surface area contributed by atoms with E-state index in [2.05, 4.69) is 33.3 Å². The SMILES string of the molecule is CC(=O)Nc1ccc(C2CC(c3ccc(-[n+]4cc([O-])on4)cc3)=Nc3ccccc3S2)cc1. The second kappa shape index (κ2) is 8.91. The number of hydrogen-bond donors (Lipinski definition) is 1. The first-order valence-electron chi connectivity index (χ1n) is 10.4. The number of nitrogens with one attached hydrogen (secondary N) is 1. The summed E-state index contributed by atoms with van der Waals surface area (Å²) in [6.45, 7) is 1.50. The molecule has 0 radical (unpaired) electrons. The maximum absolute atomic E-state index is 11.3. The topological polar surface area (TPSA) is 94.4 Å². The van der Waals surface area contributed by atoms with Crippen molar-refractivity contribution in [1.82, 2.24) is 5.27 Å². The van der Waals surface area contributed by atoms with E-state index in [-0.39, 0.29) is 11.2 Å². The van der Waals surface area contributed by atoms with Gasteiger partial charge >= 0.3 is 0 Å². The number of nitrogens with zero attached hydrogens (tertiary/aromatic N) is 3.